The van der Waals surface area contributed by atoms with Crippen LogP contribution >= 0.6 is 46.3 Å². The van der Waals surface area contributed by atoms with Gasteiger partial charge in [0.2, 0.25) is 5.91 Å². The minimum Gasteiger partial charge on any atom is -0.348 e. The summed E-state index contributed by atoms with van der Waals surface area (Å²) in [6.07, 6.45) is 0.336. The van der Waals surface area contributed by atoms with Crippen molar-refractivity contribution in [2.45, 2.75) is 30.8 Å². The number of hydrogen-bond acceptors (Lipinski definition) is 5. The molecule has 2 aromatic heterocycles. The largest absolute Gasteiger partial charge is 0.348 e. The molecule has 0 bridgehead atoms. The second-order valence-corrected chi connectivity index (χ2v) is 9.90. The Hall–Kier alpha value is -2.32. The predicted octanol–water partition coefficient (Wildman–Crippen LogP) is 6.10. The molecule has 9 heteroatoms. The summed E-state index contributed by atoms with van der Waals surface area (Å²) in [6.45, 7) is 2.33. The van der Waals surface area contributed by atoms with Gasteiger partial charge in [0.25, 0.3) is 0 Å². The van der Waals surface area contributed by atoms with Crippen LogP contribution in [0.3, 0.4) is 0 Å². The fourth-order valence-electron chi connectivity index (χ4n) is 3.14. The van der Waals surface area contributed by atoms with Gasteiger partial charge in [-0.15, -0.1) is 21.5 Å². The van der Waals surface area contributed by atoms with Crippen LogP contribution in [0.15, 0.2) is 65.1 Å². The Morgan fingerprint density at radius 2 is 1.97 bits per heavy atom. The lowest BCUT2D eigenvalue weighted by Crippen LogP contribution is -2.26. The normalized spacial score (nSPS) is 11.0. The number of carbonyl (C=O) groups is 1. The molecule has 1 N–H and O–H groups in total. The monoisotopic (exact) mass is 502 g/mol. The van der Waals surface area contributed by atoms with E-state index in [1.54, 1.807) is 35.2 Å². The van der Waals surface area contributed by atoms with E-state index in [0.29, 0.717) is 27.4 Å². The second-order valence-electron chi connectivity index (χ2n) is 7.08. The highest BCUT2D eigenvalue weighted by atomic mass is 35.5. The van der Waals surface area contributed by atoms with Gasteiger partial charge in [-0.2, -0.15) is 0 Å². The van der Waals surface area contributed by atoms with Gasteiger partial charge in [0, 0.05) is 15.7 Å². The van der Waals surface area contributed by atoms with Crippen LogP contribution in [0.25, 0.3) is 5.69 Å². The molecular weight excluding hydrogens is 483 g/mol. The van der Waals surface area contributed by atoms with E-state index in [1.807, 2.05) is 40.3 Å². The quantitative estimate of drug-likeness (QED) is 0.296. The molecular formula is C23H20Cl2N4OS2. The third kappa shape index (κ3) is 5.53. The zero-order valence-corrected chi connectivity index (χ0v) is 20.4. The van der Waals surface area contributed by atoms with Gasteiger partial charge >= 0.3 is 0 Å². The van der Waals surface area contributed by atoms with Crippen LogP contribution in [0.1, 0.15) is 21.8 Å². The van der Waals surface area contributed by atoms with E-state index in [-0.39, 0.29) is 12.5 Å². The molecule has 32 heavy (non-hydrogen) atoms. The van der Waals surface area contributed by atoms with Gasteiger partial charge in [-0.1, -0.05) is 65.3 Å². The first-order valence-electron chi connectivity index (χ1n) is 9.87. The highest BCUT2D eigenvalue weighted by Gasteiger charge is 2.18. The Kier molecular flexibility index (Phi) is 7.52. The zero-order valence-electron chi connectivity index (χ0n) is 17.2. The molecule has 0 aliphatic rings. The van der Waals surface area contributed by atoms with Gasteiger partial charge in [0.1, 0.15) is 0 Å². The Labute approximate surface area is 204 Å². The molecule has 4 aromatic rings. The molecule has 2 aromatic carbocycles. The minimum absolute atomic E-state index is 0.0710. The van der Waals surface area contributed by atoms with Crippen molar-refractivity contribution in [2.75, 3.05) is 0 Å². The van der Waals surface area contributed by atoms with Crippen LogP contribution in [-0.2, 0) is 23.5 Å². The predicted molar refractivity (Wildman–Crippen MR) is 132 cm³/mol. The van der Waals surface area contributed by atoms with E-state index >= 15 is 0 Å². The number of nitrogens with one attached hydrogen (secondary N) is 1. The maximum Gasteiger partial charge on any atom is 0.225 e. The average Bonchev–Trinajstić information content (AvgIpc) is 3.42. The number of nitrogens with zero attached hydrogens (tertiary/aromatic N) is 3. The van der Waals surface area contributed by atoms with Gasteiger partial charge < -0.3 is 5.32 Å². The molecule has 1 amide bonds. The zero-order chi connectivity index (χ0) is 22.5. The number of carbonyl (C=O) groups excluding carboxylic acids is 1. The van der Waals surface area contributed by atoms with E-state index in [2.05, 4.69) is 34.6 Å². The summed E-state index contributed by atoms with van der Waals surface area (Å²) >= 11 is 15.7. The van der Waals surface area contributed by atoms with Crippen molar-refractivity contribution >= 4 is 52.2 Å². The van der Waals surface area contributed by atoms with Crippen molar-refractivity contribution < 1.29 is 4.79 Å². The molecule has 4 rings (SSSR count). The molecule has 0 unspecified atom stereocenters. The van der Waals surface area contributed by atoms with Crippen LogP contribution in [-0.4, -0.2) is 20.7 Å². The summed E-state index contributed by atoms with van der Waals surface area (Å²) in [4.78, 5) is 13.4. The van der Waals surface area contributed by atoms with Crippen molar-refractivity contribution in [3.63, 3.8) is 0 Å². The van der Waals surface area contributed by atoms with Gasteiger partial charge in [0.15, 0.2) is 11.0 Å². The number of hydrogen-bond donors (Lipinski definition) is 1. The van der Waals surface area contributed by atoms with Gasteiger partial charge in [-0.05, 0) is 47.7 Å². The number of thioether (sulfide) groups is 1. The van der Waals surface area contributed by atoms with Gasteiger partial charge in [0.05, 0.1) is 23.7 Å². The summed E-state index contributed by atoms with van der Waals surface area (Å²) in [6, 6.07) is 17.4. The van der Waals surface area contributed by atoms with E-state index in [1.165, 1.54) is 11.1 Å². The number of halogens is 2. The number of benzene rings is 2. The first-order chi connectivity index (χ1) is 15.5. The summed E-state index contributed by atoms with van der Waals surface area (Å²) in [5, 5.41) is 15.4. The number of amides is 1. The SMILES string of the molecule is Cc1ccccc1CSc1nnc(CNC(=O)Cc2cccs2)n1-c1ccc(Cl)cc1Cl. The number of thiophene rings is 1. The van der Waals surface area contributed by atoms with Crippen molar-refractivity contribution in [1.82, 2.24) is 20.1 Å². The van der Waals surface area contributed by atoms with Gasteiger partial charge in [-0.3, -0.25) is 9.36 Å². The highest BCUT2D eigenvalue weighted by molar-refractivity contribution is 7.98. The van der Waals surface area contributed by atoms with Crippen LogP contribution in [0.5, 0.6) is 0 Å². The van der Waals surface area contributed by atoms with Crippen molar-refractivity contribution in [2.24, 2.45) is 0 Å². The lowest BCUT2D eigenvalue weighted by atomic mass is 10.1. The molecule has 0 saturated heterocycles. The van der Waals surface area contributed by atoms with Gasteiger partial charge in [-0.25, -0.2) is 0 Å². The molecule has 2 heterocycles. The molecule has 0 fully saturated rings. The lowest BCUT2D eigenvalue weighted by molar-refractivity contribution is -0.120. The number of rotatable bonds is 8. The lowest BCUT2D eigenvalue weighted by Gasteiger charge is -2.13. The topological polar surface area (TPSA) is 59.8 Å². The number of aryl methyl sites for hydroxylation is 1. The van der Waals surface area contributed by atoms with E-state index < -0.39 is 0 Å². The third-order valence-electron chi connectivity index (χ3n) is 4.83. The maximum absolute atomic E-state index is 12.4. The van der Waals surface area contributed by atoms with Crippen LogP contribution < -0.4 is 5.32 Å². The third-order valence-corrected chi connectivity index (χ3v) is 7.22. The van der Waals surface area contributed by atoms with E-state index in [9.17, 15) is 4.79 Å². The van der Waals surface area contributed by atoms with Crippen molar-refractivity contribution in [3.8, 4) is 5.69 Å². The first kappa shape index (κ1) is 22.9. The fraction of sp³-hybridized carbons (Fsp3) is 0.174. The van der Waals surface area contributed by atoms with Crippen LogP contribution in [0, 0.1) is 6.92 Å². The second kappa shape index (κ2) is 10.5. The molecule has 0 saturated carbocycles. The molecule has 0 aliphatic carbocycles. The minimum atomic E-state index is -0.0710. The van der Waals surface area contributed by atoms with E-state index in [4.69, 9.17) is 23.2 Å². The molecule has 0 spiro atoms. The smallest absolute Gasteiger partial charge is 0.225 e. The van der Waals surface area contributed by atoms with Crippen LogP contribution in [0.4, 0.5) is 0 Å². The summed E-state index contributed by atoms with van der Waals surface area (Å²) in [7, 11) is 0. The summed E-state index contributed by atoms with van der Waals surface area (Å²) < 4.78 is 1.88. The Morgan fingerprint density at radius 1 is 1.12 bits per heavy atom. The maximum atomic E-state index is 12.4. The molecule has 0 radical (unpaired) electrons. The van der Waals surface area contributed by atoms with Crippen molar-refractivity contribution in [1.29, 1.82) is 0 Å². The number of aromatic nitrogens is 3. The molecule has 0 aliphatic heterocycles. The molecule has 5 nitrogen and oxygen atoms in total. The highest BCUT2D eigenvalue weighted by Crippen LogP contribution is 2.31. The Morgan fingerprint density at radius 3 is 2.72 bits per heavy atom. The fourth-order valence-corrected chi connectivity index (χ4v) is 5.38. The Balaban J connectivity index is 1.58. The van der Waals surface area contributed by atoms with Crippen molar-refractivity contribution in [3.05, 3.63) is 91.9 Å². The Bertz CT molecular complexity index is 1220. The molecule has 0 atom stereocenters. The van der Waals surface area contributed by atoms with Crippen LogP contribution in [0.2, 0.25) is 10.0 Å². The summed E-state index contributed by atoms with van der Waals surface area (Å²) in [5.41, 5.74) is 3.16. The average molecular weight is 503 g/mol. The first-order valence-corrected chi connectivity index (χ1v) is 12.5. The molecule has 164 valence electrons. The standard InChI is InChI=1S/C23H20Cl2N4OS2/c1-15-5-2-3-6-16(15)14-32-23-28-27-21(13-26-22(30)12-18-7-4-10-31-18)29(23)20-9-8-17(24)11-19(20)25/h2-11H,12-14H2,1H3,(H,26,30). The van der Waals surface area contributed by atoms with E-state index in [0.717, 1.165) is 16.3 Å². The summed E-state index contributed by atoms with van der Waals surface area (Å²) in [5.74, 6) is 1.26.